The monoisotopic (exact) mass is 358 g/mol. The molecule has 0 aliphatic carbocycles. The van der Waals surface area contributed by atoms with Crippen LogP contribution in [0.2, 0.25) is 0 Å². The molecule has 132 valence electrons. The number of aryl methyl sites for hydroxylation is 3. The first kappa shape index (κ1) is 17.4. The summed E-state index contributed by atoms with van der Waals surface area (Å²) in [5.74, 6) is -0.218. The molecule has 0 radical (unpaired) electrons. The van der Waals surface area contributed by atoms with Crippen LogP contribution in [0, 0.1) is 20.8 Å². The highest BCUT2D eigenvalue weighted by atomic mass is 32.1. The quantitative estimate of drug-likeness (QED) is 0.913. The summed E-state index contributed by atoms with van der Waals surface area (Å²) < 4.78 is 0. The molecule has 1 aromatic carbocycles. The van der Waals surface area contributed by atoms with Crippen molar-refractivity contribution in [2.75, 3.05) is 32.0 Å². The van der Waals surface area contributed by atoms with Gasteiger partial charge in [0.05, 0.1) is 5.69 Å². The Morgan fingerprint density at radius 2 is 2.04 bits per heavy atom. The number of carbonyl (C=O) groups is 2. The third kappa shape index (κ3) is 3.66. The van der Waals surface area contributed by atoms with Gasteiger partial charge in [0.1, 0.15) is 6.54 Å². The Labute approximate surface area is 151 Å². The van der Waals surface area contributed by atoms with E-state index in [9.17, 15) is 9.59 Å². The van der Waals surface area contributed by atoms with Crippen molar-refractivity contribution in [2.24, 2.45) is 0 Å². The number of benzene rings is 1. The van der Waals surface area contributed by atoms with Crippen molar-refractivity contribution in [2.45, 2.75) is 20.8 Å². The molecule has 1 aliphatic rings. The van der Waals surface area contributed by atoms with E-state index in [1.54, 1.807) is 16.8 Å². The summed E-state index contributed by atoms with van der Waals surface area (Å²) in [6.07, 6.45) is 0. The smallest absolute Gasteiger partial charge is 0.320 e. The number of nitrogens with one attached hydrogen (secondary N) is 1. The molecule has 3 amide bonds. The Bertz CT molecular complexity index is 830. The molecule has 1 fully saturated rings. The highest BCUT2D eigenvalue weighted by molar-refractivity contribution is 7.16. The van der Waals surface area contributed by atoms with Crippen LogP contribution in [0.5, 0.6) is 0 Å². The molecule has 2 aromatic rings. The van der Waals surface area contributed by atoms with Crippen molar-refractivity contribution in [1.29, 1.82) is 0 Å². The molecule has 2 heterocycles. The Morgan fingerprint density at radius 3 is 2.68 bits per heavy atom. The molecular formula is C18H22N4O2S. The lowest BCUT2D eigenvalue weighted by Crippen LogP contribution is -2.36. The summed E-state index contributed by atoms with van der Waals surface area (Å²) in [6.45, 7) is 7.41. The van der Waals surface area contributed by atoms with Gasteiger partial charge in [-0.3, -0.25) is 4.79 Å². The molecule has 0 unspecified atom stereocenters. The summed E-state index contributed by atoms with van der Waals surface area (Å²) in [5.41, 5.74) is 4.35. The third-order valence-corrected chi connectivity index (χ3v) is 5.20. The zero-order chi connectivity index (χ0) is 18.1. The van der Waals surface area contributed by atoms with Gasteiger partial charge in [0.25, 0.3) is 0 Å². The number of aromatic nitrogens is 1. The minimum atomic E-state index is -0.218. The maximum absolute atomic E-state index is 12.2. The van der Waals surface area contributed by atoms with E-state index in [0.29, 0.717) is 18.2 Å². The third-order valence-electron chi connectivity index (χ3n) is 4.32. The second-order valence-corrected chi connectivity index (χ2v) is 7.62. The van der Waals surface area contributed by atoms with Gasteiger partial charge in [0.15, 0.2) is 5.13 Å². The van der Waals surface area contributed by atoms with Crippen molar-refractivity contribution in [3.8, 4) is 11.3 Å². The van der Waals surface area contributed by atoms with Gasteiger partial charge >= 0.3 is 6.03 Å². The van der Waals surface area contributed by atoms with E-state index in [-0.39, 0.29) is 18.5 Å². The standard InChI is InChI=1S/C18H22N4O2S/c1-11-5-6-14(12(2)9-11)16-13(3)25-17(20-16)19-15(23)10-22-8-7-21(4)18(22)24/h5-6,9H,7-8,10H2,1-4H3,(H,19,20,23). The van der Waals surface area contributed by atoms with Gasteiger partial charge in [-0.15, -0.1) is 11.3 Å². The second kappa shape index (κ2) is 6.84. The van der Waals surface area contributed by atoms with Crippen LogP contribution < -0.4 is 5.32 Å². The first-order chi connectivity index (χ1) is 11.8. The van der Waals surface area contributed by atoms with E-state index in [1.165, 1.54) is 16.9 Å². The Kier molecular flexibility index (Phi) is 4.76. The fraction of sp³-hybridized carbons (Fsp3) is 0.389. The summed E-state index contributed by atoms with van der Waals surface area (Å²) in [7, 11) is 1.74. The van der Waals surface area contributed by atoms with E-state index in [1.807, 2.05) is 6.92 Å². The maximum Gasteiger partial charge on any atom is 0.320 e. The molecule has 0 spiro atoms. The lowest BCUT2D eigenvalue weighted by atomic mass is 10.0. The Morgan fingerprint density at radius 1 is 1.28 bits per heavy atom. The number of carbonyl (C=O) groups excluding carboxylic acids is 2. The fourth-order valence-corrected chi connectivity index (χ4v) is 3.81. The van der Waals surface area contributed by atoms with Crippen LogP contribution in [0.3, 0.4) is 0 Å². The van der Waals surface area contributed by atoms with E-state index in [4.69, 9.17) is 0 Å². The maximum atomic E-state index is 12.2. The van der Waals surface area contributed by atoms with Crippen LogP contribution in [0.1, 0.15) is 16.0 Å². The normalized spacial score (nSPS) is 14.3. The summed E-state index contributed by atoms with van der Waals surface area (Å²) in [5, 5.41) is 3.39. The fourth-order valence-electron chi connectivity index (χ4n) is 2.96. The molecule has 0 saturated carbocycles. The van der Waals surface area contributed by atoms with Gasteiger partial charge in [-0.05, 0) is 26.3 Å². The van der Waals surface area contributed by atoms with E-state index >= 15 is 0 Å². The number of urea groups is 1. The van der Waals surface area contributed by atoms with Crippen LogP contribution in [0.4, 0.5) is 9.93 Å². The average Bonchev–Trinajstić information content (AvgIpc) is 3.04. The highest BCUT2D eigenvalue weighted by Gasteiger charge is 2.27. The molecular weight excluding hydrogens is 336 g/mol. The van der Waals surface area contributed by atoms with Crippen LogP contribution in [-0.2, 0) is 4.79 Å². The van der Waals surface area contributed by atoms with Crippen molar-refractivity contribution in [3.63, 3.8) is 0 Å². The number of nitrogens with zero attached hydrogens (tertiary/aromatic N) is 3. The molecule has 25 heavy (non-hydrogen) atoms. The van der Waals surface area contributed by atoms with Crippen molar-refractivity contribution < 1.29 is 9.59 Å². The summed E-state index contributed by atoms with van der Waals surface area (Å²) in [6, 6.07) is 6.15. The molecule has 3 rings (SSSR count). The summed E-state index contributed by atoms with van der Waals surface area (Å²) >= 11 is 1.45. The zero-order valence-corrected chi connectivity index (χ0v) is 15.7. The van der Waals surface area contributed by atoms with Crippen molar-refractivity contribution in [3.05, 3.63) is 34.2 Å². The van der Waals surface area contributed by atoms with Gasteiger partial charge < -0.3 is 15.1 Å². The number of thiazole rings is 1. The minimum Gasteiger partial charge on any atom is -0.326 e. The second-order valence-electron chi connectivity index (χ2n) is 6.42. The van der Waals surface area contributed by atoms with Crippen molar-refractivity contribution in [1.82, 2.24) is 14.8 Å². The van der Waals surface area contributed by atoms with Crippen LogP contribution in [0.25, 0.3) is 11.3 Å². The lowest BCUT2D eigenvalue weighted by molar-refractivity contribution is -0.116. The molecule has 1 aromatic heterocycles. The SMILES string of the molecule is Cc1ccc(-c2nc(NC(=O)CN3CCN(C)C3=O)sc2C)c(C)c1. The van der Waals surface area contributed by atoms with Crippen LogP contribution >= 0.6 is 11.3 Å². The van der Waals surface area contributed by atoms with Gasteiger partial charge in [0, 0.05) is 30.6 Å². The van der Waals surface area contributed by atoms with Gasteiger partial charge in [-0.1, -0.05) is 23.8 Å². The highest BCUT2D eigenvalue weighted by Crippen LogP contribution is 2.32. The van der Waals surface area contributed by atoms with Crippen LogP contribution in [-0.4, -0.2) is 53.4 Å². The topological polar surface area (TPSA) is 65.5 Å². The number of hydrogen-bond donors (Lipinski definition) is 1. The molecule has 6 nitrogen and oxygen atoms in total. The number of rotatable bonds is 4. The first-order valence-electron chi connectivity index (χ1n) is 8.20. The predicted molar refractivity (Wildman–Crippen MR) is 100.0 cm³/mol. The number of amides is 3. The molecule has 0 atom stereocenters. The number of anilines is 1. The van der Waals surface area contributed by atoms with Gasteiger partial charge in [-0.25, -0.2) is 9.78 Å². The zero-order valence-electron chi connectivity index (χ0n) is 14.9. The van der Waals surface area contributed by atoms with E-state index in [2.05, 4.69) is 42.3 Å². The average molecular weight is 358 g/mol. The van der Waals surface area contributed by atoms with Crippen molar-refractivity contribution >= 4 is 28.4 Å². The molecule has 7 heteroatoms. The number of likely N-dealkylation sites (N-methyl/N-ethyl adjacent to an activating group) is 1. The summed E-state index contributed by atoms with van der Waals surface area (Å²) in [4.78, 5) is 32.9. The van der Waals surface area contributed by atoms with E-state index < -0.39 is 0 Å². The van der Waals surface area contributed by atoms with Gasteiger partial charge in [-0.2, -0.15) is 0 Å². The van der Waals surface area contributed by atoms with E-state index in [0.717, 1.165) is 21.7 Å². The molecule has 1 saturated heterocycles. The van der Waals surface area contributed by atoms with Crippen LogP contribution in [0.15, 0.2) is 18.2 Å². The number of hydrogen-bond acceptors (Lipinski definition) is 4. The predicted octanol–water partition coefficient (Wildman–Crippen LogP) is 3.04. The molecule has 0 bridgehead atoms. The first-order valence-corrected chi connectivity index (χ1v) is 9.01. The van der Waals surface area contributed by atoms with Gasteiger partial charge in [0.2, 0.25) is 5.91 Å². The lowest BCUT2D eigenvalue weighted by Gasteiger charge is -2.14. The molecule has 1 N–H and O–H groups in total. The Hall–Kier alpha value is -2.41. The minimum absolute atomic E-state index is 0.0562. The molecule has 1 aliphatic heterocycles. The largest absolute Gasteiger partial charge is 0.326 e. The Balaban J connectivity index is 1.72.